The largest absolute Gasteiger partial charge is 0.326 e. The van der Waals surface area contributed by atoms with Gasteiger partial charge < -0.3 is 5.73 Å². The minimum Gasteiger partial charge on any atom is -0.326 e. The van der Waals surface area contributed by atoms with Crippen molar-refractivity contribution in [1.29, 1.82) is 5.26 Å². The van der Waals surface area contributed by atoms with E-state index in [9.17, 15) is 4.39 Å². The van der Waals surface area contributed by atoms with Gasteiger partial charge in [-0.1, -0.05) is 0 Å². The van der Waals surface area contributed by atoms with Gasteiger partial charge in [-0.3, -0.25) is 4.90 Å². The van der Waals surface area contributed by atoms with E-state index >= 15 is 0 Å². The van der Waals surface area contributed by atoms with E-state index in [2.05, 4.69) is 4.90 Å². The molecule has 1 heterocycles. The molecule has 1 saturated heterocycles. The van der Waals surface area contributed by atoms with Gasteiger partial charge in [0.1, 0.15) is 5.82 Å². The third-order valence-corrected chi connectivity index (χ3v) is 2.80. The lowest BCUT2D eigenvalue weighted by Gasteiger charge is -2.15. The molecule has 2 N–H and O–H groups in total. The molecular weight excluding hydrogens is 205 g/mol. The summed E-state index contributed by atoms with van der Waals surface area (Å²) >= 11 is 0. The molecule has 4 heteroatoms. The molecule has 0 bridgehead atoms. The van der Waals surface area contributed by atoms with Crippen molar-refractivity contribution in [2.45, 2.75) is 19.0 Å². The van der Waals surface area contributed by atoms with E-state index in [4.69, 9.17) is 11.0 Å². The van der Waals surface area contributed by atoms with Gasteiger partial charge in [-0.25, -0.2) is 4.39 Å². The lowest BCUT2D eigenvalue weighted by atomic mass is 10.1. The first-order valence-electron chi connectivity index (χ1n) is 5.35. The van der Waals surface area contributed by atoms with Crippen LogP contribution in [-0.4, -0.2) is 24.0 Å². The minimum absolute atomic E-state index is 0.226. The van der Waals surface area contributed by atoms with Crippen LogP contribution in [-0.2, 0) is 6.54 Å². The van der Waals surface area contributed by atoms with Crippen molar-refractivity contribution in [3.63, 3.8) is 0 Å². The van der Waals surface area contributed by atoms with Crippen molar-refractivity contribution < 1.29 is 4.39 Å². The first kappa shape index (κ1) is 11.1. The van der Waals surface area contributed by atoms with E-state index in [-0.39, 0.29) is 11.9 Å². The zero-order chi connectivity index (χ0) is 11.5. The maximum absolute atomic E-state index is 13.2. The molecule has 84 valence electrons. The molecule has 1 aliphatic heterocycles. The molecule has 0 amide bonds. The van der Waals surface area contributed by atoms with Gasteiger partial charge in [0.25, 0.3) is 0 Å². The third kappa shape index (κ3) is 2.57. The Kier molecular flexibility index (Phi) is 3.18. The summed E-state index contributed by atoms with van der Waals surface area (Å²) in [5.41, 5.74) is 7.01. The molecule has 0 saturated carbocycles. The number of likely N-dealkylation sites (tertiary alicyclic amines) is 1. The standard InChI is InChI=1S/C12H14FN3/c13-11-4-9(6-14)3-10(5-11)7-16-2-1-12(15)8-16/h3-5,12H,1-2,7-8,15H2/t12-/m1/s1. The summed E-state index contributed by atoms with van der Waals surface area (Å²) in [6.07, 6.45) is 0.987. The van der Waals surface area contributed by atoms with Gasteiger partial charge in [0.05, 0.1) is 11.6 Å². The van der Waals surface area contributed by atoms with Crippen molar-refractivity contribution in [3.05, 3.63) is 35.1 Å². The Balaban J connectivity index is 2.10. The highest BCUT2D eigenvalue weighted by molar-refractivity contribution is 5.33. The van der Waals surface area contributed by atoms with Crippen LogP contribution >= 0.6 is 0 Å². The topological polar surface area (TPSA) is 53.0 Å². The van der Waals surface area contributed by atoms with Crippen LogP contribution in [0.15, 0.2) is 18.2 Å². The zero-order valence-electron chi connectivity index (χ0n) is 8.99. The summed E-state index contributed by atoms with van der Waals surface area (Å²) in [6.45, 7) is 2.46. The second-order valence-electron chi connectivity index (χ2n) is 4.24. The zero-order valence-corrected chi connectivity index (χ0v) is 8.99. The summed E-state index contributed by atoms with van der Waals surface area (Å²) in [5, 5.41) is 8.74. The Morgan fingerprint density at radius 3 is 2.94 bits per heavy atom. The van der Waals surface area contributed by atoms with Crippen LogP contribution in [0.5, 0.6) is 0 Å². The summed E-state index contributed by atoms with van der Waals surface area (Å²) < 4.78 is 13.2. The van der Waals surface area contributed by atoms with Crippen molar-refractivity contribution in [1.82, 2.24) is 4.90 Å². The molecule has 0 aliphatic carbocycles. The van der Waals surface area contributed by atoms with E-state index in [1.807, 2.05) is 6.07 Å². The van der Waals surface area contributed by atoms with Crippen LogP contribution in [0.4, 0.5) is 4.39 Å². The van der Waals surface area contributed by atoms with Gasteiger partial charge in [0.15, 0.2) is 0 Å². The normalized spacial score (nSPS) is 20.9. The quantitative estimate of drug-likeness (QED) is 0.814. The molecule has 0 aromatic heterocycles. The average molecular weight is 219 g/mol. The van der Waals surface area contributed by atoms with E-state index in [0.717, 1.165) is 25.1 Å². The maximum Gasteiger partial charge on any atom is 0.124 e. The average Bonchev–Trinajstić information content (AvgIpc) is 2.63. The Bertz CT molecular complexity index is 425. The van der Waals surface area contributed by atoms with Crippen LogP contribution < -0.4 is 5.73 Å². The second-order valence-corrected chi connectivity index (χ2v) is 4.24. The molecule has 1 aliphatic rings. The van der Waals surface area contributed by atoms with Crippen LogP contribution in [0.25, 0.3) is 0 Å². The molecule has 1 fully saturated rings. The molecule has 0 spiro atoms. The van der Waals surface area contributed by atoms with Crippen molar-refractivity contribution >= 4 is 0 Å². The molecule has 1 atom stereocenters. The number of nitriles is 1. The Morgan fingerprint density at radius 2 is 2.31 bits per heavy atom. The monoisotopic (exact) mass is 219 g/mol. The molecule has 2 rings (SSSR count). The highest BCUT2D eigenvalue weighted by Crippen LogP contribution is 2.14. The maximum atomic E-state index is 13.2. The highest BCUT2D eigenvalue weighted by atomic mass is 19.1. The molecular formula is C12H14FN3. The van der Waals surface area contributed by atoms with E-state index < -0.39 is 0 Å². The minimum atomic E-state index is -0.349. The summed E-state index contributed by atoms with van der Waals surface area (Å²) in [5.74, 6) is -0.349. The number of hydrogen-bond donors (Lipinski definition) is 1. The third-order valence-electron chi connectivity index (χ3n) is 2.80. The van der Waals surface area contributed by atoms with Crippen molar-refractivity contribution in [2.24, 2.45) is 5.73 Å². The van der Waals surface area contributed by atoms with E-state index in [1.54, 1.807) is 6.07 Å². The first-order valence-corrected chi connectivity index (χ1v) is 5.35. The van der Waals surface area contributed by atoms with Gasteiger partial charge >= 0.3 is 0 Å². The fourth-order valence-corrected chi connectivity index (χ4v) is 2.07. The summed E-state index contributed by atoms with van der Waals surface area (Å²) in [7, 11) is 0. The van der Waals surface area contributed by atoms with Crippen LogP contribution in [0.3, 0.4) is 0 Å². The molecule has 1 aromatic rings. The summed E-state index contributed by atoms with van der Waals surface area (Å²) in [6, 6.07) is 6.64. The van der Waals surface area contributed by atoms with Crippen molar-refractivity contribution in [2.75, 3.05) is 13.1 Å². The SMILES string of the molecule is N#Cc1cc(F)cc(CN2CC[C@@H](N)C2)c1. The number of hydrogen-bond acceptors (Lipinski definition) is 3. The van der Waals surface area contributed by atoms with Crippen molar-refractivity contribution in [3.8, 4) is 6.07 Å². The lowest BCUT2D eigenvalue weighted by Crippen LogP contribution is -2.26. The molecule has 0 unspecified atom stereocenters. The molecule has 1 aromatic carbocycles. The highest BCUT2D eigenvalue weighted by Gasteiger charge is 2.19. The Hall–Kier alpha value is -1.44. The van der Waals surface area contributed by atoms with E-state index in [0.29, 0.717) is 12.1 Å². The Labute approximate surface area is 94.3 Å². The second kappa shape index (κ2) is 4.60. The van der Waals surface area contributed by atoms with E-state index in [1.165, 1.54) is 12.1 Å². The van der Waals surface area contributed by atoms with Gasteiger partial charge in [-0.15, -0.1) is 0 Å². The van der Waals surface area contributed by atoms with Crippen LogP contribution in [0, 0.1) is 17.1 Å². The number of halogens is 1. The molecule has 16 heavy (non-hydrogen) atoms. The van der Waals surface area contributed by atoms with Gasteiger partial charge in [0.2, 0.25) is 0 Å². The molecule has 0 radical (unpaired) electrons. The lowest BCUT2D eigenvalue weighted by molar-refractivity contribution is 0.326. The van der Waals surface area contributed by atoms with Gasteiger partial charge in [-0.05, 0) is 30.2 Å². The number of nitrogens with two attached hydrogens (primary N) is 1. The van der Waals surface area contributed by atoms with Crippen LogP contribution in [0.1, 0.15) is 17.5 Å². The number of benzene rings is 1. The first-order chi connectivity index (χ1) is 7.67. The van der Waals surface area contributed by atoms with Gasteiger partial charge in [-0.2, -0.15) is 5.26 Å². The predicted molar refractivity (Wildman–Crippen MR) is 59.0 cm³/mol. The number of rotatable bonds is 2. The molecule has 3 nitrogen and oxygen atoms in total. The fourth-order valence-electron chi connectivity index (χ4n) is 2.07. The predicted octanol–water partition coefficient (Wildman–Crippen LogP) is 1.23. The fraction of sp³-hybridized carbons (Fsp3) is 0.417. The smallest absolute Gasteiger partial charge is 0.124 e. The number of nitrogens with zero attached hydrogens (tertiary/aromatic N) is 2. The van der Waals surface area contributed by atoms with Crippen LogP contribution in [0.2, 0.25) is 0 Å². The van der Waals surface area contributed by atoms with Gasteiger partial charge in [0, 0.05) is 25.7 Å². The Morgan fingerprint density at radius 1 is 1.50 bits per heavy atom. The summed E-state index contributed by atoms with van der Waals surface area (Å²) in [4.78, 5) is 2.18.